The molecule has 1 N–H and O–H groups in total. The lowest BCUT2D eigenvalue weighted by molar-refractivity contribution is 0.250. The van der Waals surface area contributed by atoms with Crippen LogP contribution in [0, 0.1) is 0 Å². The number of fused-ring (bicyclic) bond motifs is 1. The minimum Gasteiger partial charge on any atom is -0.488 e. The van der Waals surface area contributed by atoms with Crippen LogP contribution < -0.4 is 15.0 Å². The molecule has 1 aliphatic rings. The summed E-state index contributed by atoms with van der Waals surface area (Å²) in [5, 5.41) is 11.1. The van der Waals surface area contributed by atoms with Gasteiger partial charge < -0.3 is 10.1 Å². The summed E-state index contributed by atoms with van der Waals surface area (Å²) in [5.74, 6) is 1.03. The molecule has 132 valence electrons. The molecular formula is C16H12BrClN6O2. The zero-order valence-electron chi connectivity index (χ0n) is 13.3. The van der Waals surface area contributed by atoms with Crippen molar-refractivity contribution in [1.29, 1.82) is 0 Å². The summed E-state index contributed by atoms with van der Waals surface area (Å²) >= 11 is 9.67. The van der Waals surface area contributed by atoms with Crippen molar-refractivity contribution >= 4 is 44.9 Å². The van der Waals surface area contributed by atoms with E-state index in [-0.39, 0.29) is 6.03 Å². The Bertz CT molecular complexity index is 965. The van der Waals surface area contributed by atoms with Crippen LogP contribution in [0.15, 0.2) is 47.3 Å². The summed E-state index contributed by atoms with van der Waals surface area (Å²) in [6.45, 7) is 0.845. The molecule has 0 radical (unpaired) electrons. The number of carbonyl (C=O) groups excluding carboxylic acids is 1. The molecule has 2 amide bonds. The van der Waals surface area contributed by atoms with E-state index in [1.165, 1.54) is 23.4 Å². The Balaban J connectivity index is 1.56. The highest BCUT2D eigenvalue weighted by Crippen LogP contribution is 2.38. The van der Waals surface area contributed by atoms with Gasteiger partial charge in [-0.25, -0.2) is 9.78 Å². The predicted octanol–water partition coefficient (Wildman–Crippen LogP) is 3.51. The van der Waals surface area contributed by atoms with Gasteiger partial charge in [0.05, 0.1) is 46.0 Å². The van der Waals surface area contributed by atoms with E-state index in [1.807, 2.05) is 18.2 Å². The first-order valence-electron chi connectivity index (χ1n) is 7.65. The number of hydrogen-bond donors (Lipinski definition) is 1. The number of ether oxygens (including phenoxy) is 1. The molecular weight excluding hydrogens is 424 g/mol. The number of rotatable bonds is 2. The van der Waals surface area contributed by atoms with Gasteiger partial charge in [0.15, 0.2) is 11.6 Å². The van der Waals surface area contributed by atoms with Gasteiger partial charge in [-0.15, -0.1) is 4.80 Å². The molecule has 8 nitrogen and oxygen atoms in total. The van der Waals surface area contributed by atoms with Crippen molar-refractivity contribution in [2.24, 2.45) is 0 Å². The van der Waals surface area contributed by atoms with Gasteiger partial charge >= 0.3 is 6.03 Å². The lowest BCUT2D eigenvalue weighted by atomic mass is 10.2. The lowest BCUT2D eigenvalue weighted by Gasteiger charge is -2.30. The van der Waals surface area contributed by atoms with Crippen molar-refractivity contribution in [3.05, 3.63) is 52.4 Å². The van der Waals surface area contributed by atoms with Crippen molar-refractivity contribution in [2.75, 3.05) is 23.4 Å². The molecule has 0 bridgehead atoms. The van der Waals surface area contributed by atoms with Gasteiger partial charge in [-0.3, -0.25) is 4.90 Å². The number of hydrogen-bond acceptors (Lipinski definition) is 5. The van der Waals surface area contributed by atoms with Crippen molar-refractivity contribution < 1.29 is 9.53 Å². The van der Waals surface area contributed by atoms with E-state index in [1.54, 1.807) is 11.0 Å². The number of pyridine rings is 1. The molecule has 2 aromatic heterocycles. The third-order valence-corrected chi connectivity index (χ3v) is 4.63. The molecule has 10 heteroatoms. The predicted molar refractivity (Wildman–Crippen MR) is 100 cm³/mol. The summed E-state index contributed by atoms with van der Waals surface area (Å²) in [7, 11) is 0. The lowest BCUT2D eigenvalue weighted by Crippen LogP contribution is -2.40. The number of halogens is 2. The van der Waals surface area contributed by atoms with Crippen LogP contribution in [-0.2, 0) is 0 Å². The minimum atomic E-state index is -0.296. The number of nitrogens with one attached hydrogen (secondary N) is 1. The number of nitrogens with zero attached hydrogens (tertiary/aromatic N) is 5. The number of para-hydroxylation sites is 1. The minimum absolute atomic E-state index is 0.296. The average Bonchev–Trinajstić information content (AvgIpc) is 3.16. The molecule has 1 aromatic carbocycles. The second-order valence-corrected chi connectivity index (χ2v) is 6.63. The molecule has 0 saturated heterocycles. The van der Waals surface area contributed by atoms with E-state index in [4.69, 9.17) is 16.3 Å². The highest BCUT2D eigenvalue weighted by atomic mass is 79.9. The second-order valence-electron chi connectivity index (χ2n) is 5.37. The third kappa shape index (κ3) is 3.11. The summed E-state index contributed by atoms with van der Waals surface area (Å²) in [4.78, 5) is 19.8. The highest BCUT2D eigenvalue weighted by molar-refractivity contribution is 9.10. The van der Waals surface area contributed by atoms with E-state index in [0.717, 1.165) is 4.47 Å². The average molecular weight is 436 g/mol. The van der Waals surface area contributed by atoms with Crippen LogP contribution in [0.4, 0.5) is 16.2 Å². The monoisotopic (exact) mass is 434 g/mol. The van der Waals surface area contributed by atoms with Crippen molar-refractivity contribution in [1.82, 2.24) is 20.0 Å². The summed E-state index contributed by atoms with van der Waals surface area (Å²) in [5.41, 5.74) is 1.17. The van der Waals surface area contributed by atoms with Crippen molar-refractivity contribution in [3.8, 4) is 11.6 Å². The van der Waals surface area contributed by atoms with Crippen LogP contribution >= 0.6 is 27.5 Å². The van der Waals surface area contributed by atoms with Crippen molar-refractivity contribution in [2.45, 2.75) is 0 Å². The van der Waals surface area contributed by atoms with Crippen LogP contribution in [0.25, 0.3) is 5.82 Å². The Kier molecular flexibility index (Phi) is 4.48. The van der Waals surface area contributed by atoms with E-state index in [9.17, 15) is 4.79 Å². The zero-order chi connectivity index (χ0) is 18.1. The molecule has 0 unspecified atom stereocenters. The Morgan fingerprint density at radius 2 is 2.12 bits per heavy atom. The molecule has 0 fully saturated rings. The molecule has 0 spiro atoms. The van der Waals surface area contributed by atoms with Gasteiger partial charge in [-0.1, -0.05) is 17.7 Å². The maximum absolute atomic E-state index is 12.7. The molecule has 3 aromatic rings. The van der Waals surface area contributed by atoms with Crippen LogP contribution in [0.5, 0.6) is 5.75 Å². The van der Waals surface area contributed by atoms with Crippen LogP contribution in [0.3, 0.4) is 0 Å². The van der Waals surface area contributed by atoms with Gasteiger partial charge in [0, 0.05) is 0 Å². The number of carbonyl (C=O) groups is 1. The van der Waals surface area contributed by atoms with Gasteiger partial charge in [0.1, 0.15) is 6.61 Å². The number of anilines is 2. The summed E-state index contributed by atoms with van der Waals surface area (Å²) in [6.07, 6.45) is 4.56. The van der Waals surface area contributed by atoms with E-state index in [2.05, 4.69) is 36.4 Å². The van der Waals surface area contributed by atoms with Crippen LogP contribution in [-0.4, -0.2) is 39.2 Å². The fraction of sp³-hybridized carbons (Fsp3) is 0.125. The van der Waals surface area contributed by atoms with E-state index in [0.29, 0.717) is 41.1 Å². The van der Waals surface area contributed by atoms with E-state index < -0.39 is 0 Å². The molecule has 0 saturated carbocycles. The molecule has 26 heavy (non-hydrogen) atoms. The Morgan fingerprint density at radius 3 is 2.88 bits per heavy atom. The highest BCUT2D eigenvalue weighted by Gasteiger charge is 2.25. The quantitative estimate of drug-likeness (QED) is 0.666. The van der Waals surface area contributed by atoms with Gasteiger partial charge in [0.2, 0.25) is 0 Å². The first-order valence-corrected chi connectivity index (χ1v) is 8.82. The summed E-state index contributed by atoms with van der Waals surface area (Å²) < 4.78 is 6.44. The maximum atomic E-state index is 12.7. The topological polar surface area (TPSA) is 85.2 Å². The Morgan fingerprint density at radius 1 is 1.31 bits per heavy atom. The first-order chi connectivity index (χ1) is 12.6. The largest absolute Gasteiger partial charge is 0.488 e. The van der Waals surface area contributed by atoms with Gasteiger partial charge in [0.25, 0.3) is 0 Å². The summed E-state index contributed by atoms with van der Waals surface area (Å²) in [6, 6.07) is 6.86. The molecule has 1 aliphatic heterocycles. The maximum Gasteiger partial charge on any atom is 0.326 e. The number of amides is 2. The second kappa shape index (κ2) is 6.93. The first kappa shape index (κ1) is 16.8. The number of aromatic nitrogens is 4. The number of urea groups is 1. The fourth-order valence-corrected chi connectivity index (χ4v) is 3.30. The van der Waals surface area contributed by atoms with Gasteiger partial charge in [-0.05, 0) is 34.1 Å². The molecule has 0 atom stereocenters. The number of benzene rings is 1. The third-order valence-electron chi connectivity index (χ3n) is 3.72. The molecule has 4 rings (SSSR count). The van der Waals surface area contributed by atoms with Gasteiger partial charge in [-0.2, -0.15) is 10.2 Å². The smallest absolute Gasteiger partial charge is 0.326 e. The van der Waals surface area contributed by atoms with Crippen molar-refractivity contribution in [3.63, 3.8) is 0 Å². The zero-order valence-corrected chi connectivity index (χ0v) is 15.6. The fourth-order valence-electron chi connectivity index (χ4n) is 2.59. The Hall–Kier alpha value is -2.65. The van der Waals surface area contributed by atoms with E-state index >= 15 is 0 Å². The van der Waals surface area contributed by atoms with Crippen LogP contribution in [0.2, 0.25) is 5.02 Å². The normalized spacial score (nSPS) is 13.1. The molecule has 0 aliphatic carbocycles. The Labute approximate surface area is 161 Å². The molecule has 3 heterocycles. The van der Waals surface area contributed by atoms with Crippen LogP contribution in [0.1, 0.15) is 0 Å². The SMILES string of the molecule is O=C(Nc1cnc(-n2nccn2)c(Cl)c1)N1CCOc2c(Br)cccc21. The standard InChI is InChI=1S/C16H12BrClN6O2/c17-11-2-1-3-13-14(11)26-7-6-23(13)16(25)22-10-8-12(18)15(19-9-10)24-20-4-5-21-24/h1-5,8-9H,6-7H2,(H,22,25).